The molecule has 1 spiro atoms. The summed E-state index contributed by atoms with van der Waals surface area (Å²) < 4.78 is 12.2. The summed E-state index contributed by atoms with van der Waals surface area (Å²) in [6, 6.07) is 20.5. The van der Waals surface area contributed by atoms with Crippen molar-refractivity contribution in [3.05, 3.63) is 99.6 Å². The Morgan fingerprint density at radius 2 is 1.35 bits per heavy atom. The Balaban J connectivity index is 1.61. The van der Waals surface area contributed by atoms with Gasteiger partial charge in [0.25, 0.3) is 0 Å². The Morgan fingerprint density at radius 3 is 2.00 bits per heavy atom. The average Bonchev–Trinajstić information content (AvgIpc) is 3.06. The van der Waals surface area contributed by atoms with Crippen LogP contribution in [0.5, 0.6) is 11.5 Å². The van der Waals surface area contributed by atoms with Crippen molar-refractivity contribution in [1.82, 2.24) is 15.0 Å². The van der Waals surface area contributed by atoms with Crippen LogP contribution in [0.15, 0.2) is 66.7 Å². The summed E-state index contributed by atoms with van der Waals surface area (Å²) >= 11 is 11.8. The van der Waals surface area contributed by atoms with E-state index in [9.17, 15) is 4.79 Å². The van der Waals surface area contributed by atoms with Crippen LogP contribution in [-0.4, -0.2) is 20.9 Å². The van der Waals surface area contributed by atoms with Gasteiger partial charge in [-0.2, -0.15) is 15.0 Å². The van der Waals surface area contributed by atoms with Gasteiger partial charge in [-0.25, -0.2) is 4.79 Å². The highest BCUT2D eigenvalue weighted by atomic mass is 35.5. The van der Waals surface area contributed by atoms with Gasteiger partial charge >= 0.3 is 5.97 Å². The number of hydrogen-bond acceptors (Lipinski definition) is 6. The molecule has 0 fully saturated rings. The maximum absolute atomic E-state index is 13.1. The highest BCUT2D eigenvalue weighted by Crippen LogP contribution is 2.56. The van der Waals surface area contributed by atoms with Crippen molar-refractivity contribution in [2.75, 3.05) is 0 Å². The fourth-order valence-corrected chi connectivity index (χ4v) is 4.58. The number of esters is 1. The lowest BCUT2D eigenvalue weighted by Gasteiger charge is -2.36. The second-order valence-corrected chi connectivity index (χ2v) is 7.80. The molecule has 0 saturated heterocycles. The van der Waals surface area contributed by atoms with E-state index in [1.54, 1.807) is 6.07 Å². The van der Waals surface area contributed by atoms with E-state index in [2.05, 4.69) is 15.0 Å². The first kappa shape index (κ1) is 18.3. The van der Waals surface area contributed by atoms with Crippen LogP contribution in [0.2, 0.25) is 10.6 Å². The number of aromatic nitrogens is 3. The minimum atomic E-state index is -1.11. The maximum atomic E-state index is 13.1. The van der Waals surface area contributed by atoms with Gasteiger partial charge in [-0.05, 0) is 41.4 Å². The molecule has 0 bridgehead atoms. The molecule has 0 atom stereocenters. The number of carbonyl (C=O) groups is 1. The van der Waals surface area contributed by atoms with Gasteiger partial charge in [-0.15, -0.1) is 0 Å². The molecule has 0 unspecified atom stereocenters. The zero-order valence-electron chi connectivity index (χ0n) is 15.7. The smallest absolute Gasteiger partial charge is 0.340 e. The lowest BCUT2D eigenvalue weighted by molar-refractivity contribution is 0.0224. The van der Waals surface area contributed by atoms with Crippen molar-refractivity contribution in [2.45, 2.75) is 5.60 Å². The molecule has 2 aliphatic heterocycles. The fourth-order valence-electron chi connectivity index (χ4n) is 4.22. The monoisotopic (exact) mass is 447 g/mol. The molecule has 31 heavy (non-hydrogen) atoms. The summed E-state index contributed by atoms with van der Waals surface area (Å²) in [4.78, 5) is 25.1. The van der Waals surface area contributed by atoms with Crippen molar-refractivity contribution in [3.63, 3.8) is 0 Å². The molecule has 1 aromatic heterocycles. The molecule has 3 aromatic carbocycles. The number of nitrogens with zero attached hydrogens (tertiary/aromatic N) is 3. The van der Waals surface area contributed by atoms with Crippen LogP contribution in [0.4, 0.5) is 0 Å². The molecule has 0 aliphatic carbocycles. The Hall–Kier alpha value is -3.48. The summed E-state index contributed by atoms with van der Waals surface area (Å²) in [5, 5.41) is -0.0522. The molecule has 0 saturated carbocycles. The first-order valence-corrected chi connectivity index (χ1v) is 10.1. The van der Waals surface area contributed by atoms with E-state index >= 15 is 0 Å². The molecular weight excluding hydrogens is 437 g/mol. The summed E-state index contributed by atoms with van der Waals surface area (Å²) in [5.41, 5.74) is 2.13. The molecule has 4 aromatic rings. The van der Waals surface area contributed by atoms with Crippen LogP contribution in [0.1, 0.15) is 27.0 Å². The van der Waals surface area contributed by atoms with E-state index < -0.39 is 11.6 Å². The normalized spacial score (nSPS) is 15.0. The summed E-state index contributed by atoms with van der Waals surface area (Å²) in [5.74, 6) is 1.10. The zero-order chi connectivity index (χ0) is 21.2. The number of rotatable bonds is 1. The van der Waals surface area contributed by atoms with Gasteiger partial charge < -0.3 is 9.47 Å². The van der Waals surface area contributed by atoms with Crippen molar-refractivity contribution in [2.24, 2.45) is 0 Å². The van der Waals surface area contributed by atoms with Crippen molar-refractivity contribution < 1.29 is 14.3 Å². The van der Waals surface area contributed by atoms with Crippen LogP contribution in [0.3, 0.4) is 0 Å². The van der Waals surface area contributed by atoms with E-state index in [0.29, 0.717) is 22.6 Å². The number of para-hydroxylation sites is 2. The summed E-state index contributed by atoms with van der Waals surface area (Å²) in [7, 11) is 0. The van der Waals surface area contributed by atoms with Gasteiger partial charge in [-0.3, -0.25) is 0 Å². The molecule has 8 heteroatoms. The predicted molar refractivity (Wildman–Crippen MR) is 114 cm³/mol. The van der Waals surface area contributed by atoms with E-state index in [4.69, 9.17) is 32.7 Å². The molecule has 0 amide bonds. The third-order valence-electron chi connectivity index (χ3n) is 5.46. The first-order chi connectivity index (χ1) is 15.1. The Morgan fingerprint density at radius 1 is 0.742 bits per heavy atom. The van der Waals surface area contributed by atoms with Gasteiger partial charge in [0.2, 0.25) is 10.6 Å². The molecule has 0 radical (unpaired) electrons. The quantitative estimate of drug-likeness (QED) is 0.363. The fraction of sp³-hybridized carbons (Fsp3) is 0.0435. The topological polar surface area (TPSA) is 74.2 Å². The first-order valence-electron chi connectivity index (χ1n) is 9.38. The van der Waals surface area contributed by atoms with Crippen LogP contribution in [0, 0.1) is 0 Å². The Kier molecular flexibility index (Phi) is 3.84. The Bertz CT molecular complexity index is 1340. The van der Waals surface area contributed by atoms with Crippen molar-refractivity contribution >= 4 is 29.2 Å². The maximum Gasteiger partial charge on any atom is 0.340 e. The zero-order valence-corrected chi connectivity index (χ0v) is 17.2. The van der Waals surface area contributed by atoms with Gasteiger partial charge in [0.1, 0.15) is 11.5 Å². The van der Waals surface area contributed by atoms with E-state index in [1.807, 2.05) is 60.7 Å². The third kappa shape index (κ3) is 2.59. The largest absolute Gasteiger partial charge is 0.456 e. The second kappa shape index (κ2) is 6.51. The molecule has 6 nitrogen and oxygen atoms in total. The minimum absolute atomic E-state index is 0.0261. The van der Waals surface area contributed by atoms with Gasteiger partial charge in [0.15, 0.2) is 11.4 Å². The molecule has 3 heterocycles. The van der Waals surface area contributed by atoms with Crippen molar-refractivity contribution in [3.8, 4) is 22.9 Å². The Labute approximate surface area is 186 Å². The molecule has 0 N–H and O–H groups in total. The summed E-state index contributed by atoms with van der Waals surface area (Å²) in [6.07, 6.45) is 0. The van der Waals surface area contributed by atoms with E-state index in [1.165, 1.54) is 0 Å². The van der Waals surface area contributed by atoms with E-state index in [0.717, 1.165) is 16.7 Å². The number of hydrogen-bond donors (Lipinski definition) is 0. The highest BCUT2D eigenvalue weighted by molar-refractivity contribution is 6.31. The molecule has 6 rings (SSSR count). The van der Waals surface area contributed by atoms with Crippen molar-refractivity contribution in [1.29, 1.82) is 0 Å². The van der Waals surface area contributed by atoms with Crippen LogP contribution in [-0.2, 0) is 10.3 Å². The molecule has 2 aliphatic rings. The van der Waals surface area contributed by atoms with Crippen LogP contribution >= 0.6 is 23.2 Å². The lowest BCUT2D eigenvalue weighted by Crippen LogP contribution is -2.32. The number of halogens is 2. The van der Waals surface area contributed by atoms with Crippen LogP contribution < -0.4 is 4.74 Å². The van der Waals surface area contributed by atoms with Gasteiger partial charge in [0, 0.05) is 22.3 Å². The predicted octanol–water partition coefficient (Wildman–Crippen LogP) is 5.41. The van der Waals surface area contributed by atoms with E-state index in [-0.39, 0.29) is 16.4 Å². The third-order valence-corrected chi connectivity index (χ3v) is 5.79. The number of benzene rings is 3. The van der Waals surface area contributed by atoms with Gasteiger partial charge in [-0.1, -0.05) is 48.5 Å². The number of carbonyl (C=O) groups excluding carboxylic acids is 1. The number of fused-ring (bicyclic) bond motifs is 6. The van der Waals surface area contributed by atoms with Gasteiger partial charge in [0.05, 0.1) is 5.56 Å². The van der Waals surface area contributed by atoms with Crippen LogP contribution in [0.25, 0.3) is 11.4 Å². The minimum Gasteiger partial charge on any atom is -0.456 e. The molecule has 150 valence electrons. The molecular formula is C23H11Cl2N3O3. The standard InChI is InChI=1S/C23H11Cl2N3O3/c24-21-26-19(27-22(25)28-21)12-9-10-14-13(11-12)20(29)31-23(14)15-5-1-3-7-17(15)30-18-8-4-2-6-16(18)23/h1-11H. The second-order valence-electron chi connectivity index (χ2n) is 7.12. The number of ether oxygens (including phenoxy) is 2. The average molecular weight is 448 g/mol. The highest BCUT2D eigenvalue weighted by Gasteiger charge is 2.53. The summed E-state index contributed by atoms with van der Waals surface area (Å²) in [6.45, 7) is 0. The lowest BCUT2D eigenvalue weighted by atomic mass is 9.77. The SMILES string of the molecule is O=C1OC2(c3ccccc3Oc3ccccc32)c2ccc(-c3nc(Cl)nc(Cl)n3)cc21.